The maximum absolute atomic E-state index is 6.29. The number of morpholine rings is 1. The first-order valence-corrected chi connectivity index (χ1v) is 8.33. The van der Waals surface area contributed by atoms with E-state index >= 15 is 0 Å². The average Bonchev–Trinajstić information content (AvgIpc) is 3.32. The van der Waals surface area contributed by atoms with Gasteiger partial charge in [-0.15, -0.1) is 0 Å². The predicted molar refractivity (Wildman–Crippen MR) is 78.1 cm³/mol. The first-order valence-electron chi connectivity index (χ1n) is 8.33. The Bertz CT molecular complexity index is 305. The molecule has 0 spiro atoms. The molecule has 110 valence electrons. The first kappa shape index (κ1) is 13.8. The van der Waals surface area contributed by atoms with Gasteiger partial charge in [-0.3, -0.25) is 4.90 Å². The molecule has 3 fully saturated rings. The second kappa shape index (κ2) is 5.71. The molecule has 3 atom stereocenters. The van der Waals surface area contributed by atoms with E-state index in [2.05, 4.69) is 11.8 Å². The lowest BCUT2D eigenvalue weighted by molar-refractivity contribution is -0.0833. The lowest BCUT2D eigenvalue weighted by atomic mass is 9.72. The van der Waals surface area contributed by atoms with Gasteiger partial charge in [-0.05, 0) is 43.9 Å². The van der Waals surface area contributed by atoms with Crippen LogP contribution in [0.15, 0.2) is 0 Å². The molecule has 0 aromatic heterocycles. The van der Waals surface area contributed by atoms with Crippen LogP contribution >= 0.6 is 0 Å². The van der Waals surface area contributed by atoms with Crippen molar-refractivity contribution in [3.8, 4) is 0 Å². The van der Waals surface area contributed by atoms with Crippen LogP contribution < -0.4 is 5.73 Å². The molecule has 3 nitrogen and oxygen atoms in total. The number of hydrogen-bond donors (Lipinski definition) is 1. The van der Waals surface area contributed by atoms with Crippen molar-refractivity contribution < 1.29 is 4.74 Å². The van der Waals surface area contributed by atoms with E-state index in [1.54, 1.807) is 0 Å². The van der Waals surface area contributed by atoms with Crippen LogP contribution in [0.25, 0.3) is 0 Å². The summed E-state index contributed by atoms with van der Waals surface area (Å²) in [6, 6.07) is 0.593. The molecule has 0 aromatic carbocycles. The zero-order valence-electron chi connectivity index (χ0n) is 12.4. The average molecular weight is 266 g/mol. The summed E-state index contributed by atoms with van der Waals surface area (Å²) in [4.78, 5) is 2.74. The van der Waals surface area contributed by atoms with Crippen molar-refractivity contribution >= 4 is 0 Å². The van der Waals surface area contributed by atoms with Gasteiger partial charge in [0, 0.05) is 24.7 Å². The summed E-state index contributed by atoms with van der Waals surface area (Å²) in [5, 5.41) is 0. The molecule has 1 aliphatic heterocycles. The van der Waals surface area contributed by atoms with E-state index in [1.807, 2.05) is 0 Å². The summed E-state index contributed by atoms with van der Waals surface area (Å²) < 4.78 is 5.69. The number of hydrogen-bond acceptors (Lipinski definition) is 3. The van der Waals surface area contributed by atoms with Crippen LogP contribution in [0, 0.1) is 11.8 Å². The maximum atomic E-state index is 6.29. The Morgan fingerprint density at radius 3 is 2.79 bits per heavy atom. The minimum atomic E-state index is 0.288. The van der Waals surface area contributed by atoms with Gasteiger partial charge in [-0.1, -0.05) is 19.8 Å². The van der Waals surface area contributed by atoms with E-state index in [1.165, 1.54) is 44.9 Å². The number of ether oxygens (including phenoxy) is 1. The lowest BCUT2D eigenvalue weighted by Crippen LogP contribution is -2.63. The summed E-state index contributed by atoms with van der Waals surface area (Å²) in [7, 11) is 0. The van der Waals surface area contributed by atoms with Crippen molar-refractivity contribution in [1.82, 2.24) is 4.90 Å². The van der Waals surface area contributed by atoms with Crippen molar-refractivity contribution in [3.05, 3.63) is 0 Å². The fraction of sp³-hybridized carbons (Fsp3) is 1.00. The Morgan fingerprint density at radius 2 is 2.11 bits per heavy atom. The highest BCUT2D eigenvalue weighted by Gasteiger charge is 2.46. The lowest BCUT2D eigenvalue weighted by Gasteiger charge is -2.53. The Balaban J connectivity index is 1.75. The van der Waals surface area contributed by atoms with Gasteiger partial charge in [0.15, 0.2) is 0 Å². The topological polar surface area (TPSA) is 38.5 Å². The van der Waals surface area contributed by atoms with Gasteiger partial charge in [0.05, 0.1) is 13.2 Å². The Hall–Kier alpha value is -0.120. The van der Waals surface area contributed by atoms with E-state index in [9.17, 15) is 0 Å². The zero-order valence-corrected chi connectivity index (χ0v) is 12.4. The molecule has 2 N–H and O–H groups in total. The molecular weight excluding hydrogens is 236 g/mol. The van der Waals surface area contributed by atoms with Crippen LogP contribution in [-0.4, -0.2) is 42.8 Å². The number of nitrogens with two attached hydrogens (primary N) is 1. The third kappa shape index (κ3) is 2.70. The molecule has 3 aliphatic rings. The van der Waals surface area contributed by atoms with Gasteiger partial charge >= 0.3 is 0 Å². The van der Waals surface area contributed by atoms with Crippen molar-refractivity contribution in [3.63, 3.8) is 0 Å². The molecular formula is C16H30N2O. The highest BCUT2D eigenvalue weighted by atomic mass is 16.5. The second-order valence-electron chi connectivity index (χ2n) is 6.95. The Kier molecular flexibility index (Phi) is 4.16. The van der Waals surface area contributed by atoms with Crippen LogP contribution in [0.3, 0.4) is 0 Å². The fourth-order valence-corrected chi connectivity index (χ4v) is 4.54. The van der Waals surface area contributed by atoms with E-state index in [0.29, 0.717) is 6.04 Å². The Morgan fingerprint density at radius 1 is 1.26 bits per heavy atom. The van der Waals surface area contributed by atoms with Gasteiger partial charge < -0.3 is 10.5 Å². The molecule has 19 heavy (non-hydrogen) atoms. The summed E-state index contributed by atoms with van der Waals surface area (Å²) >= 11 is 0. The first-order chi connectivity index (χ1) is 9.29. The van der Waals surface area contributed by atoms with Gasteiger partial charge in [-0.25, -0.2) is 0 Å². The minimum absolute atomic E-state index is 0.288. The maximum Gasteiger partial charge on any atom is 0.0622 e. The summed E-state index contributed by atoms with van der Waals surface area (Å²) in [5.74, 6) is 1.99. The highest BCUT2D eigenvalue weighted by molar-refractivity contribution is 5.02. The molecule has 3 heteroatoms. The van der Waals surface area contributed by atoms with Crippen molar-refractivity contribution in [2.24, 2.45) is 17.6 Å². The molecule has 0 amide bonds. The number of nitrogens with zero attached hydrogens (tertiary/aromatic N) is 1. The fourth-order valence-electron chi connectivity index (χ4n) is 4.54. The smallest absolute Gasteiger partial charge is 0.0622 e. The summed E-state index contributed by atoms with van der Waals surface area (Å²) in [6.45, 7) is 6.02. The largest absolute Gasteiger partial charge is 0.378 e. The third-order valence-corrected chi connectivity index (χ3v) is 5.84. The van der Waals surface area contributed by atoms with Gasteiger partial charge in [0.2, 0.25) is 0 Å². The molecule has 0 bridgehead atoms. The molecule has 1 heterocycles. The molecule has 2 saturated carbocycles. The zero-order chi connectivity index (χ0) is 13.3. The molecule has 0 aromatic rings. The van der Waals surface area contributed by atoms with Gasteiger partial charge in [0.1, 0.15) is 0 Å². The van der Waals surface area contributed by atoms with Crippen LogP contribution in [0.4, 0.5) is 0 Å². The minimum Gasteiger partial charge on any atom is -0.378 e. The van der Waals surface area contributed by atoms with Crippen LogP contribution in [-0.2, 0) is 4.74 Å². The van der Waals surface area contributed by atoms with Gasteiger partial charge in [-0.2, -0.15) is 0 Å². The quantitative estimate of drug-likeness (QED) is 0.849. The standard InChI is InChI=1S/C16H30N2O/c1-2-15-11-19-9-8-18(15)16(12-17)7-3-4-14(10-16)13-5-6-13/h13-15H,2-12,17H2,1H3. The highest BCUT2D eigenvalue weighted by Crippen LogP contribution is 2.48. The summed E-state index contributed by atoms with van der Waals surface area (Å²) in [6.07, 6.45) is 9.64. The van der Waals surface area contributed by atoms with E-state index < -0.39 is 0 Å². The molecule has 2 aliphatic carbocycles. The third-order valence-electron chi connectivity index (χ3n) is 5.84. The number of rotatable bonds is 4. The van der Waals surface area contributed by atoms with Crippen LogP contribution in [0.2, 0.25) is 0 Å². The summed E-state index contributed by atoms with van der Waals surface area (Å²) in [5.41, 5.74) is 6.57. The second-order valence-corrected chi connectivity index (χ2v) is 6.95. The van der Waals surface area contributed by atoms with Crippen molar-refractivity contribution in [2.45, 2.75) is 63.5 Å². The van der Waals surface area contributed by atoms with E-state index in [4.69, 9.17) is 10.5 Å². The van der Waals surface area contributed by atoms with Crippen molar-refractivity contribution in [1.29, 1.82) is 0 Å². The molecule has 1 saturated heterocycles. The Labute approximate surface area is 117 Å². The van der Waals surface area contributed by atoms with Crippen LogP contribution in [0.5, 0.6) is 0 Å². The molecule has 0 radical (unpaired) electrons. The normalized spacial score (nSPS) is 41.4. The van der Waals surface area contributed by atoms with E-state index in [-0.39, 0.29) is 5.54 Å². The SMILES string of the molecule is CCC1COCCN1C1(CN)CCCC(C2CC2)C1. The molecule has 3 unspecified atom stereocenters. The molecule has 3 rings (SSSR count). The van der Waals surface area contributed by atoms with E-state index in [0.717, 1.165) is 38.1 Å². The monoisotopic (exact) mass is 266 g/mol. The van der Waals surface area contributed by atoms with Crippen molar-refractivity contribution in [2.75, 3.05) is 26.3 Å². The predicted octanol–water partition coefficient (Wildman–Crippen LogP) is 2.39. The van der Waals surface area contributed by atoms with Crippen LogP contribution in [0.1, 0.15) is 51.9 Å². The van der Waals surface area contributed by atoms with Gasteiger partial charge in [0.25, 0.3) is 0 Å².